The average Bonchev–Trinajstić information content (AvgIpc) is 3.36. The highest BCUT2D eigenvalue weighted by Gasteiger charge is 2.40. The van der Waals surface area contributed by atoms with E-state index in [1.54, 1.807) is 6.33 Å². The number of hydrogen-bond donors (Lipinski definition) is 0. The van der Waals surface area contributed by atoms with E-state index in [-0.39, 0.29) is 0 Å². The number of rotatable bonds is 4. The molecule has 0 N–H and O–H groups in total. The van der Waals surface area contributed by atoms with Crippen molar-refractivity contribution in [2.75, 3.05) is 31.1 Å². The van der Waals surface area contributed by atoms with Crippen molar-refractivity contribution < 1.29 is 0 Å². The largest absolute Gasteiger partial charge is 0.356 e. The van der Waals surface area contributed by atoms with Crippen molar-refractivity contribution >= 4 is 11.5 Å². The zero-order chi connectivity index (χ0) is 18.4. The van der Waals surface area contributed by atoms with Crippen LogP contribution < -0.4 is 4.90 Å². The zero-order valence-electron chi connectivity index (χ0n) is 15.9. The van der Waals surface area contributed by atoms with Crippen molar-refractivity contribution in [1.29, 1.82) is 0 Å². The molecule has 0 radical (unpaired) electrons. The molecular weight excluding hydrogens is 338 g/mol. The molecule has 2 fully saturated rings. The second-order valence-electron chi connectivity index (χ2n) is 8.12. The van der Waals surface area contributed by atoms with Crippen molar-refractivity contribution in [3.63, 3.8) is 0 Å². The van der Waals surface area contributed by atoms with Crippen LogP contribution in [0.1, 0.15) is 31.3 Å². The van der Waals surface area contributed by atoms with Gasteiger partial charge in [0, 0.05) is 44.1 Å². The lowest BCUT2D eigenvalue weighted by Crippen LogP contribution is -2.29. The van der Waals surface area contributed by atoms with Gasteiger partial charge in [0.25, 0.3) is 0 Å². The maximum atomic E-state index is 4.52. The minimum absolute atomic E-state index is 0.433. The van der Waals surface area contributed by atoms with Gasteiger partial charge >= 0.3 is 0 Å². The Kier molecular flexibility index (Phi) is 4.04. The average molecular weight is 363 g/mol. The molecule has 2 atom stereocenters. The van der Waals surface area contributed by atoms with Gasteiger partial charge in [-0.3, -0.25) is 9.30 Å². The van der Waals surface area contributed by atoms with Crippen molar-refractivity contribution in [3.05, 3.63) is 48.3 Å². The molecule has 0 aromatic carbocycles. The first kappa shape index (κ1) is 16.6. The fraction of sp³-hybridized carbons (Fsp3) is 0.500. The van der Waals surface area contributed by atoms with Gasteiger partial charge in [0.15, 0.2) is 11.5 Å². The van der Waals surface area contributed by atoms with Crippen LogP contribution in [0, 0.1) is 11.8 Å². The molecule has 0 saturated carbocycles. The standard InChI is InChI=1S/C20H25N7/c1-14(2)17-7-19(22-13-21-17)26-10-15-8-25(9-16(15)11-26)12-20-24-23-18-5-3-4-6-27(18)20/h3-7,13-16H,8-12H2,1-2H3. The zero-order valence-corrected chi connectivity index (χ0v) is 15.9. The second-order valence-corrected chi connectivity index (χ2v) is 8.12. The number of hydrogen-bond acceptors (Lipinski definition) is 6. The van der Waals surface area contributed by atoms with E-state index in [2.05, 4.69) is 54.3 Å². The Labute approximate surface area is 159 Å². The minimum Gasteiger partial charge on any atom is -0.356 e. The molecule has 2 saturated heterocycles. The van der Waals surface area contributed by atoms with Crippen LogP contribution in [-0.4, -0.2) is 55.6 Å². The quantitative estimate of drug-likeness (QED) is 0.708. The highest BCUT2D eigenvalue weighted by molar-refractivity contribution is 5.41. The lowest BCUT2D eigenvalue weighted by molar-refractivity contribution is 0.300. The van der Waals surface area contributed by atoms with E-state index in [0.717, 1.165) is 55.7 Å². The van der Waals surface area contributed by atoms with Gasteiger partial charge in [0.05, 0.1) is 6.54 Å². The van der Waals surface area contributed by atoms with E-state index in [9.17, 15) is 0 Å². The molecule has 27 heavy (non-hydrogen) atoms. The Morgan fingerprint density at radius 3 is 2.63 bits per heavy atom. The first-order valence-electron chi connectivity index (χ1n) is 9.75. The molecule has 2 unspecified atom stereocenters. The van der Waals surface area contributed by atoms with E-state index in [1.807, 2.05) is 24.4 Å². The van der Waals surface area contributed by atoms with E-state index in [0.29, 0.717) is 17.8 Å². The molecule has 2 aliphatic heterocycles. The molecule has 5 heterocycles. The predicted molar refractivity (Wildman–Crippen MR) is 104 cm³/mol. The maximum Gasteiger partial charge on any atom is 0.160 e. The van der Waals surface area contributed by atoms with Crippen LogP contribution in [0.5, 0.6) is 0 Å². The summed E-state index contributed by atoms with van der Waals surface area (Å²) < 4.78 is 2.09. The van der Waals surface area contributed by atoms with Crippen molar-refractivity contribution in [2.24, 2.45) is 11.8 Å². The fourth-order valence-electron chi connectivity index (χ4n) is 4.46. The first-order valence-corrected chi connectivity index (χ1v) is 9.75. The summed E-state index contributed by atoms with van der Waals surface area (Å²) in [6.45, 7) is 9.61. The molecule has 3 aromatic rings. The first-order chi connectivity index (χ1) is 13.2. The topological polar surface area (TPSA) is 62.5 Å². The summed E-state index contributed by atoms with van der Waals surface area (Å²) in [7, 11) is 0. The minimum atomic E-state index is 0.433. The van der Waals surface area contributed by atoms with Crippen LogP contribution in [0.15, 0.2) is 36.8 Å². The molecule has 7 heteroatoms. The molecule has 2 aliphatic rings. The van der Waals surface area contributed by atoms with Crippen LogP contribution in [0.2, 0.25) is 0 Å². The predicted octanol–water partition coefficient (Wildman–Crippen LogP) is 2.21. The second kappa shape index (κ2) is 6.56. The summed E-state index contributed by atoms with van der Waals surface area (Å²) in [5.41, 5.74) is 2.04. The summed E-state index contributed by atoms with van der Waals surface area (Å²) in [6.07, 6.45) is 3.76. The van der Waals surface area contributed by atoms with Crippen molar-refractivity contribution in [2.45, 2.75) is 26.3 Å². The summed E-state index contributed by atoms with van der Waals surface area (Å²) in [5, 5.41) is 8.66. The number of nitrogens with zero attached hydrogens (tertiary/aromatic N) is 7. The summed E-state index contributed by atoms with van der Waals surface area (Å²) in [5.74, 6) is 3.93. The van der Waals surface area contributed by atoms with Crippen LogP contribution in [0.3, 0.4) is 0 Å². The molecule has 0 spiro atoms. The van der Waals surface area contributed by atoms with Crippen LogP contribution >= 0.6 is 0 Å². The van der Waals surface area contributed by atoms with E-state index < -0.39 is 0 Å². The Hall–Kier alpha value is -2.54. The Morgan fingerprint density at radius 1 is 1.04 bits per heavy atom. The summed E-state index contributed by atoms with van der Waals surface area (Å²) in [4.78, 5) is 13.9. The van der Waals surface area contributed by atoms with Gasteiger partial charge in [-0.15, -0.1) is 10.2 Å². The highest BCUT2D eigenvalue weighted by Crippen LogP contribution is 2.34. The third-order valence-corrected chi connectivity index (χ3v) is 5.90. The number of anilines is 1. The SMILES string of the molecule is CC(C)c1cc(N2CC3CN(Cc4nnc5ccccn45)CC3C2)ncn1. The van der Waals surface area contributed by atoms with Crippen molar-refractivity contribution in [3.8, 4) is 0 Å². The molecular formula is C20H25N7. The monoisotopic (exact) mass is 363 g/mol. The van der Waals surface area contributed by atoms with Crippen LogP contribution in [0.25, 0.3) is 5.65 Å². The van der Waals surface area contributed by atoms with E-state index >= 15 is 0 Å². The maximum absolute atomic E-state index is 4.52. The lowest BCUT2D eigenvalue weighted by Gasteiger charge is -2.22. The highest BCUT2D eigenvalue weighted by atomic mass is 15.3. The van der Waals surface area contributed by atoms with Crippen molar-refractivity contribution in [1.82, 2.24) is 29.5 Å². The van der Waals surface area contributed by atoms with Gasteiger partial charge in [-0.2, -0.15) is 0 Å². The number of fused-ring (bicyclic) bond motifs is 2. The van der Waals surface area contributed by atoms with Gasteiger partial charge in [0.1, 0.15) is 12.1 Å². The summed E-state index contributed by atoms with van der Waals surface area (Å²) >= 11 is 0. The molecule has 0 bridgehead atoms. The Bertz CT molecular complexity index is 936. The third kappa shape index (κ3) is 3.06. The van der Waals surface area contributed by atoms with Gasteiger partial charge in [-0.1, -0.05) is 19.9 Å². The molecule has 5 rings (SSSR count). The third-order valence-electron chi connectivity index (χ3n) is 5.90. The molecule has 0 aliphatic carbocycles. The van der Waals surface area contributed by atoms with Gasteiger partial charge in [0.2, 0.25) is 0 Å². The molecule has 0 amide bonds. The normalized spacial score (nSPS) is 22.9. The summed E-state index contributed by atoms with van der Waals surface area (Å²) in [6, 6.07) is 8.19. The number of likely N-dealkylation sites (tertiary alicyclic amines) is 1. The number of aromatic nitrogens is 5. The fourth-order valence-corrected chi connectivity index (χ4v) is 4.46. The Morgan fingerprint density at radius 2 is 1.85 bits per heavy atom. The van der Waals surface area contributed by atoms with Gasteiger partial charge in [-0.05, 0) is 29.9 Å². The molecule has 140 valence electrons. The van der Waals surface area contributed by atoms with E-state index in [4.69, 9.17) is 0 Å². The smallest absolute Gasteiger partial charge is 0.160 e. The van der Waals surface area contributed by atoms with Gasteiger partial charge < -0.3 is 4.90 Å². The molecule has 3 aromatic heterocycles. The van der Waals surface area contributed by atoms with E-state index in [1.165, 1.54) is 0 Å². The van der Waals surface area contributed by atoms with Crippen LogP contribution in [-0.2, 0) is 6.54 Å². The number of pyridine rings is 1. The Balaban J connectivity index is 1.25. The lowest BCUT2D eigenvalue weighted by atomic mass is 10.0. The van der Waals surface area contributed by atoms with Crippen LogP contribution in [0.4, 0.5) is 5.82 Å². The molecule has 7 nitrogen and oxygen atoms in total. The van der Waals surface area contributed by atoms with Gasteiger partial charge in [-0.25, -0.2) is 9.97 Å².